The third-order valence-electron chi connectivity index (χ3n) is 3.27. The van der Waals surface area contributed by atoms with Gasteiger partial charge in [-0.05, 0) is 46.5 Å². The maximum atomic E-state index is 12.3. The van der Waals surface area contributed by atoms with Crippen LogP contribution in [0.5, 0.6) is 5.75 Å². The number of benzene rings is 1. The molecule has 0 bridgehead atoms. The SMILES string of the molecule is CCCOc1ccccc1NC(=O)Cn1nnn(-c2cccs2)c1=O. The van der Waals surface area contributed by atoms with Crippen molar-refractivity contribution in [3.63, 3.8) is 0 Å². The first kappa shape index (κ1) is 16.9. The van der Waals surface area contributed by atoms with Gasteiger partial charge in [0.2, 0.25) is 5.91 Å². The molecule has 9 heteroatoms. The summed E-state index contributed by atoms with van der Waals surface area (Å²) < 4.78 is 7.78. The van der Waals surface area contributed by atoms with Crippen LogP contribution >= 0.6 is 11.3 Å². The smallest absolute Gasteiger partial charge is 0.369 e. The molecule has 0 radical (unpaired) electrons. The Balaban J connectivity index is 1.71. The quantitative estimate of drug-likeness (QED) is 0.696. The molecule has 0 aliphatic rings. The van der Waals surface area contributed by atoms with Crippen molar-refractivity contribution in [1.29, 1.82) is 0 Å². The molecule has 0 aliphatic carbocycles. The fourth-order valence-corrected chi connectivity index (χ4v) is 2.80. The molecular formula is C16H17N5O3S. The van der Waals surface area contributed by atoms with Gasteiger partial charge in [0.15, 0.2) is 0 Å². The lowest BCUT2D eigenvalue weighted by Crippen LogP contribution is -2.29. The summed E-state index contributed by atoms with van der Waals surface area (Å²) in [5, 5.41) is 12.8. The molecule has 1 amide bonds. The zero-order chi connectivity index (χ0) is 17.6. The lowest BCUT2D eigenvalue weighted by atomic mass is 10.3. The minimum absolute atomic E-state index is 0.230. The highest BCUT2D eigenvalue weighted by atomic mass is 32.1. The van der Waals surface area contributed by atoms with Gasteiger partial charge in [0.25, 0.3) is 0 Å². The summed E-state index contributed by atoms with van der Waals surface area (Å²) in [5.41, 5.74) is 0.0905. The summed E-state index contributed by atoms with van der Waals surface area (Å²) in [4.78, 5) is 24.5. The second-order valence-electron chi connectivity index (χ2n) is 5.17. The van der Waals surface area contributed by atoms with Gasteiger partial charge in [0, 0.05) is 0 Å². The van der Waals surface area contributed by atoms with Crippen LogP contribution < -0.4 is 15.7 Å². The number of nitrogens with zero attached hydrogens (tertiary/aromatic N) is 4. The fraction of sp³-hybridized carbons (Fsp3) is 0.250. The topological polar surface area (TPSA) is 91.0 Å². The van der Waals surface area contributed by atoms with Crippen molar-refractivity contribution in [2.75, 3.05) is 11.9 Å². The van der Waals surface area contributed by atoms with Gasteiger partial charge in [0.05, 0.1) is 12.3 Å². The summed E-state index contributed by atoms with van der Waals surface area (Å²) in [7, 11) is 0. The van der Waals surface area contributed by atoms with Crippen LogP contribution in [0.15, 0.2) is 46.6 Å². The van der Waals surface area contributed by atoms with Gasteiger partial charge in [-0.25, -0.2) is 4.79 Å². The molecule has 0 saturated carbocycles. The van der Waals surface area contributed by atoms with E-state index >= 15 is 0 Å². The third-order valence-corrected chi connectivity index (χ3v) is 4.11. The number of anilines is 1. The van der Waals surface area contributed by atoms with Crippen molar-refractivity contribution < 1.29 is 9.53 Å². The monoisotopic (exact) mass is 359 g/mol. The van der Waals surface area contributed by atoms with Gasteiger partial charge in [-0.3, -0.25) is 4.79 Å². The van der Waals surface area contributed by atoms with Crippen molar-refractivity contribution in [2.45, 2.75) is 19.9 Å². The molecule has 3 rings (SSSR count). The standard InChI is InChI=1S/C16H17N5O3S/c1-2-9-24-13-7-4-3-6-12(13)17-14(22)11-20-16(23)21(19-18-20)15-8-5-10-25-15/h3-8,10H,2,9,11H2,1H3,(H,17,22). The molecule has 2 aromatic heterocycles. The van der Waals surface area contributed by atoms with Crippen LogP contribution in [0.25, 0.3) is 5.00 Å². The largest absolute Gasteiger partial charge is 0.491 e. The highest BCUT2D eigenvalue weighted by Gasteiger charge is 2.14. The van der Waals surface area contributed by atoms with E-state index in [1.807, 2.05) is 24.4 Å². The zero-order valence-corrected chi connectivity index (χ0v) is 14.4. The van der Waals surface area contributed by atoms with Crippen LogP contribution in [0.1, 0.15) is 13.3 Å². The molecule has 0 unspecified atom stereocenters. The van der Waals surface area contributed by atoms with Crippen LogP contribution in [-0.2, 0) is 11.3 Å². The predicted molar refractivity (Wildman–Crippen MR) is 94.4 cm³/mol. The summed E-state index contributed by atoms with van der Waals surface area (Å²) in [6, 6.07) is 10.7. The first-order valence-corrected chi connectivity index (χ1v) is 8.65. The van der Waals surface area contributed by atoms with Gasteiger partial charge >= 0.3 is 5.69 Å². The lowest BCUT2D eigenvalue weighted by molar-refractivity contribution is -0.117. The molecule has 1 aromatic carbocycles. The summed E-state index contributed by atoms with van der Waals surface area (Å²) in [6.07, 6.45) is 0.865. The molecule has 1 N–H and O–H groups in total. The zero-order valence-electron chi connectivity index (χ0n) is 13.6. The summed E-state index contributed by atoms with van der Waals surface area (Å²) >= 11 is 1.36. The van der Waals surface area contributed by atoms with Gasteiger partial charge < -0.3 is 10.1 Å². The van der Waals surface area contributed by atoms with Crippen molar-refractivity contribution >= 4 is 22.9 Å². The van der Waals surface area contributed by atoms with Crippen molar-refractivity contribution in [2.24, 2.45) is 0 Å². The fourth-order valence-electron chi connectivity index (χ4n) is 2.14. The van der Waals surface area contributed by atoms with Crippen LogP contribution in [0.3, 0.4) is 0 Å². The highest BCUT2D eigenvalue weighted by molar-refractivity contribution is 7.12. The number of para-hydroxylation sites is 2. The summed E-state index contributed by atoms with van der Waals surface area (Å²) in [6.45, 7) is 2.33. The molecule has 0 saturated heterocycles. The van der Waals surface area contributed by atoms with Gasteiger partial charge in [-0.2, -0.15) is 9.36 Å². The van der Waals surface area contributed by atoms with E-state index in [1.54, 1.807) is 24.3 Å². The molecule has 3 aromatic rings. The van der Waals surface area contributed by atoms with E-state index in [-0.39, 0.29) is 12.5 Å². The minimum atomic E-state index is -0.465. The van der Waals surface area contributed by atoms with E-state index in [9.17, 15) is 9.59 Å². The molecule has 0 atom stereocenters. The van der Waals surface area contributed by atoms with Crippen molar-refractivity contribution in [1.82, 2.24) is 19.8 Å². The normalized spacial score (nSPS) is 10.6. The Labute approximate surface area is 147 Å². The Hall–Kier alpha value is -2.94. The minimum Gasteiger partial charge on any atom is -0.491 e. The summed E-state index contributed by atoms with van der Waals surface area (Å²) in [5.74, 6) is 0.208. The van der Waals surface area contributed by atoms with Crippen molar-refractivity contribution in [3.05, 3.63) is 52.3 Å². The Kier molecular flexibility index (Phi) is 5.24. The molecule has 0 aliphatic heterocycles. The molecular weight excluding hydrogens is 342 g/mol. The van der Waals surface area contributed by atoms with Gasteiger partial charge in [0.1, 0.15) is 17.3 Å². The Morgan fingerprint density at radius 2 is 2.08 bits per heavy atom. The number of amides is 1. The number of nitrogens with one attached hydrogen (secondary N) is 1. The second kappa shape index (κ2) is 7.75. The number of carbonyl (C=O) groups excluding carboxylic acids is 1. The Morgan fingerprint density at radius 1 is 1.24 bits per heavy atom. The molecule has 2 heterocycles. The number of thiophene rings is 1. The number of hydrogen-bond donors (Lipinski definition) is 1. The van der Waals surface area contributed by atoms with E-state index in [4.69, 9.17) is 4.74 Å². The number of tetrazole rings is 1. The maximum Gasteiger partial charge on any atom is 0.369 e. The van der Waals surface area contributed by atoms with Crippen LogP contribution in [0.4, 0.5) is 5.69 Å². The number of aromatic nitrogens is 4. The number of rotatable bonds is 7. The molecule has 130 valence electrons. The van der Waals surface area contributed by atoms with Crippen LogP contribution in [0, 0.1) is 0 Å². The predicted octanol–water partition coefficient (Wildman–Crippen LogP) is 1.92. The average Bonchev–Trinajstić information content (AvgIpc) is 3.25. The molecule has 8 nitrogen and oxygen atoms in total. The second-order valence-corrected chi connectivity index (χ2v) is 6.10. The van der Waals surface area contributed by atoms with Crippen LogP contribution in [-0.4, -0.2) is 32.3 Å². The number of ether oxygens (including phenoxy) is 1. The molecule has 0 spiro atoms. The van der Waals surface area contributed by atoms with Gasteiger partial charge in [-0.15, -0.1) is 11.3 Å². The number of hydrogen-bond acceptors (Lipinski definition) is 6. The average molecular weight is 359 g/mol. The first-order valence-electron chi connectivity index (χ1n) is 7.77. The number of carbonyl (C=O) groups is 1. The molecule has 25 heavy (non-hydrogen) atoms. The van der Waals surface area contributed by atoms with E-state index in [0.29, 0.717) is 23.0 Å². The Bertz CT molecular complexity index is 901. The Morgan fingerprint density at radius 3 is 2.84 bits per heavy atom. The lowest BCUT2D eigenvalue weighted by Gasteiger charge is -2.11. The maximum absolute atomic E-state index is 12.3. The van der Waals surface area contributed by atoms with E-state index < -0.39 is 5.69 Å². The molecule has 0 fully saturated rings. The van der Waals surface area contributed by atoms with Crippen molar-refractivity contribution in [3.8, 4) is 10.8 Å². The van der Waals surface area contributed by atoms with Crippen LogP contribution in [0.2, 0.25) is 0 Å². The third kappa shape index (κ3) is 3.94. The van der Waals surface area contributed by atoms with E-state index in [2.05, 4.69) is 15.7 Å². The van der Waals surface area contributed by atoms with E-state index in [1.165, 1.54) is 11.3 Å². The van der Waals surface area contributed by atoms with Gasteiger partial charge in [-0.1, -0.05) is 19.1 Å². The highest BCUT2D eigenvalue weighted by Crippen LogP contribution is 2.23. The first-order chi connectivity index (χ1) is 12.2. The van der Waals surface area contributed by atoms with E-state index in [0.717, 1.165) is 15.8 Å².